The number of halogens is 1. The fourth-order valence-electron chi connectivity index (χ4n) is 1.63. The Balaban J connectivity index is 2.86. The highest BCUT2D eigenvalue weighted by Crippen LogP contribution is 2.21. The summed E-state index contributed by atoms with van der Waals surface area (Å²) < 4.78 is 27.2. The quantitative estimate of drug-likeness (QED) is 0.863. The summed E-state index contributed by atoms with van der Waals surface area (Å²) >= 11 is 5.97. The van der Waals surface area contributed by atoms with Crippen molar-refractivity contribution in [2.24, 2.45) is 0 Å². The summed E-state index contributed by atoms with van der Waals surface area (Å²) in [7, 11) is 3.36. The predicted octanol–water partition coefficient (Wildman–Crippen LogP) is 1.34. The fraction of sp³-hybridized carbons (Fsp3) is 0.500. The zero-order valence-electron chi connectivity index (χ0n) is 11.6. The van der Waals surface area contributed by atoms with Gasteiger partial charge in [0.25, 0.3) is 10.2 Å². The van der Waals surface area contributed by atoms with Crippen LogP contribution in [0.1, 0.15) is 11.6 Å². The van der Waals surface area contributed by atoms with Gasteiger partial charge in [0.05, 0.1) is 0 Å². The van der Waals surface area contributed by atoms with Gasteiger partial charge < -0.3 is 4.90 Å². The first kappa shape index (κ1) is 16.4. The van der Waals surface area contributed by atoms with Gasteiger partial charge in [-0.3, -0.25) is 0 Å². The molecule has 1 rings (SSSR count). The molecule has 0 saturated heterocycles. The number of nitrogens with zero attached hydrogens (tertiary/aromatic N) is 2. The van der Waals surface area contributed by atoms with Crippen LogP contribution in [0.25, 0.3) is 0 Å². The van der Waals surface area contributed by atoms with Crippen molar-refractivity contribution < 1.29 is 8.42 Å². The van der Waals surface area contributed by atoms with Crippen LogP contribution in [0, 0.1) is 0 Å². The number of hydrogen-bond donors (Lipinski definition) is 1. The molecule has 0 aromatic heterocycles. The Kier molecular flexibility index (Phi) is 5.76. The van der Waals surface area contributed by atoms with Crippen molar-refractivity contribution in [3.8, 4) is 0 Å². The Hall–Kier alpha value is -0.660. The van der Waals surface area contributed by atoms with E-state index in [-0.39, 0.29) is 12.6 Å². The summed E-state index contributed by atoms with van der Waals surface area (Å²) in [5, 5.41) is 0.639. The van der Waals surface area contributed by atoms with Crippen LogP contribution in [-0.4, -0.2) is 52.4 Å². The van der Waals surface area contributed by atoms with Crippen molar-refractivity contribution in [1.29, 1.82) is 0 Å². The van der Waals surface area contributed by atoms with Gasteiger partial charge in [-0.15, -0.1) is 0 Å². The van der Waals surface area contributed by atoms with Gasteiger partial charge in [0.2, 0.25) is 0 Å². The molecule has 19 heavy (non-hydrogen) atoms. The summed E-state index contributed by atoms with van der Waals surface area (Å²) in [6, 6.07) is 7.35. The molecule has 0 aliphatic carbocycles. The Morgan fingerprint density at radius 1 is 1.26 bits per heavy atom. The third-order valence-corrected chi connectivity index (χ3v) is 4.52. The van der Waals surface area contributed by atoms with Crippen molar-refractivity contribution in [2.75, 3.05) is 34.7 Å². The van der Waals surface area contributed by atoms with E-state index in [9.17, 15) is 8.42 Å². The highest BCUT2D eigenvalue weighted by molar-refractivity contribution is 7.87. The van der Waals surface area contributed by atoms with E-state index >= 15 is 0 Å². The fourth-order valence-corrected chi connectivity index (χ4v) is 2.45. The molecule has 0 heterocycles. The minimum atomic E-state index is -3.42. The van der Waals surface area contributed by atoms with Crippen molar-refractivity contribution in [3.63, 3.8) is 0 Å². The molecule has 0 saturated carbocycles. The molecule has 1 aromatic rings. The molecule has 0 radical (unpaired) electrons. The van der Waals surface area contributed by atoms with Crippen LogP contribution < -0.4 is 4.72 Å². The highest BCUT2D eigenvalue weighted by atomic mass is 35.5. The van der Waals surface area contributed by atoms with Crippen molar-refractivity contribution >= 4 is 21.8 Å². The maximum atomic E-state index is 11.7. The maximum absolute atomic E-state index is 11.7. The SMILES string of the molecule is CN(C)C(CNS(=O)(=O)N(C)C)c1cccc(Cl)c1. The summed E-state index contributed by atoms with van der Waals surface area (Å²) in [4.78, 5) is 1.95. The summed E-state index contributed by atoms with van der Waals surface area (Å²) in [5.74, 6) is 0. The molecule has 1 aromatic carbocycles. The number of benzene rings is 1. The summed E-state index contributed by atoms with van der Waals surface area (Å²) in [6.07, 6.45) is 0. The molecule has 0 fully saturated rings. The van der Waals surface area contributed by atoms with Crippen LogP contribution in [0.2, 0.25) is 5.02 Å². The number of hydrogen-bond acceptors (Lipinski definition) is 3. The first-order valence-electron chi connectivity index (χ1n) is 5.83. The minimum absolute atomic E-state index is 0.0755. The van der Waals surface area contributed by atoms with Crippen molar-refractivity contribution in [2.45, 2.75) is 6.04 Å². The molecule has 0 aliphatic rings. The third-order valence-electron chi connectivity index (χ3n) is 2.80. The number of nitrogens with one attached hydrogen (secondary N) is 1. The van der Waals surface area contributed by atoms with Crippen LogP contribution in [0.3, 0.4) is 0 Å². The smallest absolute Gasteiger partial charge is 0.278 e. The van der Waals surface area contributed by atoms with E-state index in [4.69, 9.17) is 11.6 Å². The van der Waals surface area contributed by atoms with Crippen LogP contribution in [-0.2, 0) is 10.2 Å². The summed E-state index contributed by atoms with van der Waals surface area (Å²) in [6.45, 7) is 0.286. The largest absolute Gasteiger partial charge is 0.301 e. The van der Waals surface area contributed by atoms with E-state index < -0.39 is 10.2 Å². The Morgan fingerprint density at radius 3 is 2.37 bits per heavy atom. The zero-order chi connectivity index (χ0) is 14.6. The lowest BCUT2D eigenvalue weighted by Crippen LogP contribution is -2.40. The third kappa shape index (κ3) is 4.74. The second-order valence-corrected chi connectivity index (χ2v) is 7.08. The van der Waals surface area contributed by atoms with E-state index in [1.165, 1.54) is 14.1 Å². The van der Waals surface area contributed by atoms with Gasteiger partial charge in [0, 0.05) is 31.7 Å². The normalized spacial score (nSPS) is 14.1. The van der Waals surface area contributed by atoms with Crippen LogP contribution >= 0.6 is 11.6 Å². The minimum Gasteiger partial charge on any atom is -0.301 e. The first-order chi connectivity index (χ1) is 8.74. The van der Waals surface area contributed by atoms with Gasteiger partial charge >= 0.3 is 0 Å². The Morgan fingerprint density at radius 2 is 1.89 bits per heavy atom. The molecule has 0 spiro atoms. The van der Waals surface area contributed by atoms with E-state index in [0.29, 0.717) is 5.02 Å². The van der Waals surface area contributed by atoms with Gasteiger partial charge in [-0.1, -0.05) is 23.7 Å². The standard InChI is InChI=1S/C12H20ClN3O2S/c1-15(2)12(9-14-19(17,18)16(3)4)10-6-5-7-11(13)8-10/h5-8,12,14H,9H2,1-4H3. The molecule has 7 heteroatoms. The molecule has 1 atom stereocenters. The number of rotatable bonds is 6. The lowest BCUT2D eigenvalue weighted by Gasteiger charge is -2.26. The van der Waals surface area contributed by atoms with Gasteiger partial charge in [0.15, 0.2) is 0 Å². The molecule has 0 amide bonds. The van der Waals surface area contributed by atoms with Crippen LogP contribution in [0.4, 0.5) is 0 Å². The van der Waals surface area contributed by atoms with Gasteiger partial charge in [0.1, 0.15) is 0 Å². The topological polar surface area (TPSA) is 52.7 Å². The van der Waals surface area contributed by atoms with Gasteiger partial charge in [-0.05, 0) is 31.8 Å². The van der Waals surface area contributed by atoms with Crippen LogP contribution in [0.15, 0.2) is 24.3 Å². The van der Waals surface area contributed by atoms with E-state index in [1.807, 2.05) is 37.2 Å². The molecule has 0 bridgehead atoms. The lowest BCUT2D eigenvalue weighted by molar-refractivity contribution is 0.298. The lowest BCUT2D eigenvalue weighted by atomic mass is 10.1. The monoisotopic (exact) mass is 305 g/mol. The summed E-state index contributed by atoms with van der Waals surface area (Å²) in [5.41, 5.74) is 0.971. The van der Waals surface area contributed by atoms with Crippen molar-refractivity contribution in [3.05, 3.63) is 34.9 Å². The van der Waals surface area contributed by atoms with Crippen molar-refractivity contribution in [1.82, 2.24) is 13.9 Å². The van der Waals surface area contributed by atoms with Gasteiger partial charge in [-0.2, -0.15) is 12.7 Å². The van der Waals surface area contributed by atoms with Gasteiger partial charge in [-0.25, -0.2) is 4.72 Å². The molecular formula is C12H20ClN3O2S. The number of likely N-dealkylation sites (N-methyl/N-ethyl adjacent to an activating group) is 1. The molecule has 108 valence electrons. The van der Waals surface area contributed by atoms with Crippen LogP contribution in [0.5, 0.6) is 0 Å². The average molecular weight is 306 g/mol. The zero-order valence-corrected chi connectivity index (χ0v) is 13.2. The highest BCUT2D eigenvalue weighted by Gasteiger charge is 2.19. The molecule has 5 nitrogen and oxygen atoms in total. The average Bonchev–Trinajstić information content (AvgIpc) is 2.28. The van der Waals surface area contributed by atoms with E-state index in [0.717, 1.165) is 9.87 Å². The molecule has 1 unspecified atom stereocenters. The second kappa shape index (κ2) is 6.67. The molecular weight excluding hydrogens is 286 g/mol. The Bertz CT molecular complexity index is 517. The second-order valence-electron chi connectivity index (χ2n) is 4.67. The molecule has 1 N–H and O–H groups in total. The predicted molar refractivity (Wildman–Crippen MR) is 78.5 cm³/mol. The van der Waals surface area contributed by atoms with E-state index in [2.05, 4.69) is 4.72 Å². The molecule has 0 aliphatic heterocycles. The maximum Gasteiger partial charge on any atom is 0.278 e. The Labute approximate surface area is 120 Å². The van der Waals surface area contributed by atoms with E-state index in [1.54, 1.807) is 6.07 Å². The first-order valence-corrected chi connectivity index (χ1v) is 7.65.